The summed E-state index contributed by atoms with van der Waals surface area (Å²) in [5, 5.41) is 19.9. The van der Waals surface area contributed by atoms with E-state index in [-0.39, 0.29) is 6.54 Å². The summed E-state index contributed by atoms with van der Waals surface area (Å²) in [4.78, 5) is 9.25. The van der Waals surface area contributed by atoms with Crippen LogP contribution in [0.15, 0.2) is 57.5 Å². The van der Waals surface area contributed by atoms with Crippen LogP contribution in [0.5, 0.6) is 5.75 Å². The smallest absolute Gasteiger partial charge is 0.191 e. The van der Waals surface area contributed by atoms with Crippen molar-refractivity contribution in [1.82, 2.24) is 15.6 Å². The van der Waals surface area contributed by atoms with Crippen molar-refractivity contribution < 1.29 is 14.3 Å². The zero-order chi connectivity index (χ0) is 20.7. The lowest BCUT2D eigenvalue weighted by Crippen LogP contribution is -2.44. The molecule has 3 aromatic rings. The number of nitrogens with zero attached hydrogens (tertiary/aromatic N) is 2. The molecule has 0 saturated heterocycles. The van der Waals surface area contributed by atoms with E-state index in [0.29, 0.717) is 24.8 Å². The predicted octanol–water partition coefficient (Wildman–Crippen LogP) is 3.37. The number of ether oxygens (including phenoxy) is 1. The molecule has 0 aliphatic carbocycles. The van der Waals surface area contributed by atoms with E-state index in [1.165, 1.54) is 0 Å². The van der Waals surface area contributed by atoms with Crippen molar-refractivity contribution in [2.75, 3.05) is 20.2 Å². The number of nitrogens with one attached hydrogen (secondary N) is 2. The molecule has 154 valence electrons. The Balaban J connectivity index is 1.63. The first-order valence-corrected chi connectivity index (χ1v) is 10.3. The Morgan fingerprint density at radius 3 is 2.72 bits per heavy atom. The first-order valence-electron chi connectivity index (χ1n) is 9.39. The molecule has 0 aliphatic heterocycles. The Hall–Kier alpha value is -2.84. The number of guanidine groups is 1. The lowest BCUT2D eigenvalue weighted by molar-refractivity contribution is 0.0386. The molecule has 0 bridgehead atoms. The molecule has 8 heteroatoms. The number of aliphatic hydroxyl groups is 1. The second-order valence-electron chi connectivity index (χ2n) is 6.67. The third-order valence-electron chi connectivity index (χ3n) is 4.28. The monoisotopic (exact) mass is 414 g/mol. The summed E-state index contributed by atoms with van der Waals surface area (Å²) in [5.41, 5.74) is 0.795. The summed E-state index contributed by atoms with van der Waals surface area (Å²) >= 11 is 1.58. The number of rotatable bonds is 8. The minimum Gasteiger partial charge on any atom is -0.497 e. The van der Waals surface area contributed by atoms with E-state index in [4.69, 9.17) is 9.15 Å². The molecule has 1 atom stereocenters. The third kappa shape index (κ3) is 5.58. The molecule has 0 amide bonds. The van der Waals surface area contributed by atoms with Crippen LogP contribution in [0, 0.1) is 0 Å². The number of hydrogen-bond acceptors (Lipinski definition) is 6. The van der Waals surface area contributed by atoms with Gasteiger partial charge >= 0.3 is 0 Å². The number of aromatic nitrogens is 1. The van der Waals surface area contributed by atoms with Crippen LogP contribution >= 0.6 is 11.3 Å². The van der Waals surface area contributed by atoms with E-state index >= 15 is 0 Å². The minimum absolute atomic E-state index is 0.264. The summed E-state index contributed by atoms with van der Waals surface area (Å²) in [7, 11) is 1.65. The quantitative estimate of drug-likeness (QED) is 0.387. The molecule has 3 N–H and O–H groups in total. The van der Waals surface area contributed by atoms with Crippen LogP contribution in [0.1, 0.15) is 25.3 Å². The number of furan rings is 1. The van der Waals surface area contributed by atoms with Crippen molar-refractivity contribution >= 4 is 17.3 Å². The molecule has 0 saturated carbocycles. The fraction of sp³-hybridized carbons (Fsp3) is 0.333. The number of thiazole rings is 1. The summed E-state index contributed by atoms with van der Waals surface area (Å²) in [6.07, 6.45) is 1.55. The van der Waals surface area contributed by atoms with Gasteiger partial charge in [0.25, 0.3) is 0 Å². The number of methoxy groups -OCH3 is 1. The van der Waals surface area contributed by atoms with Gasteiger partial charge in [0.2, 0.25) is 0 Å². The van der Waals surface area contributed by atoms with Crippen LogP contribution in [-0.4, -0.2) is 36.2 Å². The molecule has 0 aliphatic rings. The molecular weight excluding hydrogens is 388 g/mol. The summed E-state index contributed by atoms with van der Waals surface area (Å²) in [5.74, 6) is 1.93. The Kier molecular flexibility index (Phi) is 6.90. The molecule has 1 aromatic carbocycles. The molecule has 7 nitrogen and oxygen atoms in total. The van der Waals surface area contributed by atoms with Crippen LogP contribution < -0.4 is 15.4 Å². The van der Waals surface area contributed by atoms with Gasteiger partial charge < -0.3 is 24.9 Å². The second kappa shape index (κ2) is 9.58. The van der Waals surface area contributed by atoms with Gasteiger partial charge in [0.05, 0.1) is 32.2 Å². The van der Waals surface area contributed by atoms with Gasteiger partial charge in [-0.25, -0.2) is 9.98 Å². The van der Waals surface area contributed by atoms with Crippen molar-refractivity contribution in [3.05, 3.63) is 59.5 Å². The van der Waals surface area contributed by atoms with Gasteiger partial charge in [-0.05, 0) is 50.2 Å². The van der Waals surface area contributed by atoms with E-state index in [9.17, 15) is 5.11 Å². The number of aliphatic imine (C=N–C) groups is 1. The highest BCUT2D eigenvalue weighted by atomic mass is 32.1. The molecule has 0 fully saturated rings. The lowest BCUT2D eigenvalue weighted by Gasteiger charge is -2.22. The Bertz CT molecular complexity index is 918. The standard InChI is InChI=1S/C21H26N4O3S/c1-4-22-20(24-14-21(2,26)18-6-5-11-28-18)23-12-16-13-29-19(25-16)15-7-9-17(27-3)10-8-15/h5-11,13,26H,4,12,14H2,1-3H3,(H2,22,23,24). The number of hydrogen-bond donors (Lipinski definition) is 3. The van der Waals surface area contributed by atoms with E-state index in [1.54, 1.807) is 43.8 Å². The van der Waals surface area contributed by atoms with Crippen LogP contribution in [0.4, 0.5) is 0 Å². The van der Waals surface area contributed by atoms with Gasteiger partial charge in [0.15, 0.2) is 5.96 Å². The van der Waals surface area contributed by atoms with Gasteiger partial charge in [-0.15, -0.1) is 11.3 Å². The zero-order valence-corrected chi connectivity index (χ0v) is 17.6. The van der Waals surface area contributed by atoms with Crippen molar-refractivity contribution in [3.8, 4) is 16.3 Å². The van der Waals surface area contributed by atoms with Gasteiger partial charge in [-0.1, -0.05) is 0 Å². The van der Waals surface area contributed by atoms with E-state index < -0.39 is 5.60 Å². The second-order valence-corrected chi connectivity index (χ2v) is 7.53. The summed E-state index contributed by atoms with van der Waals surface area (Å²) < 4.78 is 10.5. The molecule has 1 unspecified atom stereocenters. The average molecular weight is 415 g/mol. The zero-order valence-electron chi connectivity index (χ0n) is 16.8. The molecule has 3 rings (SSSR count). The average Bonchev–Trinajstić information content (AvgIpc) is 3.43. The summed E-state index contributed by atoms with van der Waals surface area (Å²) in [6.45, 7) is 5.10. The first kappa shape index (κ1) is 20.9. The maximum atomic E-state index is 10.6. The van der Waals surface area contributed by atoms with Gasteiger partial charge in [0, 0.05) is 17.5 Å². The summed E-state index contributed by atoms with van der Waals surface area (Å²) in [6, 6.07) is 11.3. The highest BCUT2D eigenvalue weighted by Crippen LogP contribution is 2.26. The van der Waals surface area contributed by atoms with Gasteiger partial charge in [-0.3, -0.25) is 0 Å². The van der Waals surface area contributed by atoms with Crippen LogP contribution in [0.3, 0.4) is 0 Å². The predicted molar refractivity (Wildman–Crippen MR) is 115 cm³/mol. The fourth-order valence-electron chi connectivity index (χ4n) is 2.68. The Morgan fingerprint density at radius 2 is 2.07 bits per heavy atom. The van der Waals surface area contributed by atoms with Crippen molar-refractivity contribution in [2.45, 2.75) is 26.0 Å². The molecule has 2 aromatic heterocycles. The highest BCUT2D eigenvalue weighted by Gasteiger charge is 2.26. The first-order chi connectivity index (χ1) is 14.0. The largest absolute Gasteiger partial charge is 0.497 e. The molecular formula is C21H26N4O3S. The topological polar surface area (TPSA) is 91.9 Å². The number of benzene rings is 1. The van der Waals surface area contributed by atoms with Gasteiger partial charge in [-0.2, -0.15) is 0 Å². The van der Waals surface area contributed by atoms with E-state index in [0.717, 1.165) is 22.0 Å². The maximum Gasteiger partial charge on any atom is 0.191 e. The normalized spacial score (nSPS) is 13.7. The molecule has 2 heterocycles. The van der Waals surface area contributed by atoms with Crippen LogP contribution in [-0.2, 0) is 12.1 Å². The van der Waals surface area contributed by atoms with Gasteiger partial charge in [0.1, 0.15) is 22.1 Å². The minimum atomic E-state index is -1.14. The Morgan fingerprint density at radius 1 is 1.28 bits per heavy atom. The van der Waals surface area contributed by atoms with Crippen LogP contribution in [0.2, 0.25) is 0 Å². The van der Waals surface area contributed by atoms with Crippen molar-refractivity contribution in [1.29, 1.82) is 0 Å². The highest BCUT2D eigenvalue weighted by molar-refractivity contribution is 7.13. The maximum absolute atomic E-state index is 10.6. The molecule has 0 radical (unpaired) electrons. The molecule has 29 heavy (non-hydrogen) atoms. The van der Waals surface area contributed by atoms with Crippen molar-refractivity contribution in [3.63, 3.8) is 0 Å². The van der Waals surface area contributed by atoms with E-state index in [1.807, 2.05) is 36.6 Å². The third-order valence-corrected chi connectivity index (χ3v) is 5.22. The molecule has 0 spiro atoms. The lowest BCUT2D eigenvalue weighted by atomic mass is 10.0. The van der Waals surface area contributed by atoms with Crippen molar-refractivity contribution in [2.24, 2.45) is 4.99 Å². The SMILES string of the molecule is CCNC(=NCc1csc(-c2ccc(OC)cc2)n1)NCC(C)(O)c1ccco1. The van der Waals surface area contributed by atoms with Crippen LogP contribution in [0.25, 0.3) is 10.6 Å². The Labute approximate surface area is 174 Å². The van der Waals surface area contributed by atoms with E-state index in [2.05, 4.69) is 20.6 Å². The fourth-order valence-corrected chi connectivity index (χ4v) is 3.49.